The summed E-state index contributed by atoms with van der Waals surface area (Å²) in [4.78, 5) is 21.9. The predicted octanol–water partition coefficient (Wildman–Crippen LogP) is 2.44. The van der Waals surface area contributed by atoms with Crippen molar-refractivity contribution in [3.63, 3.8) is 0 Å². The van der Waals surface area contributed by atoms with E-state index >= 15 is 0 Å². The van der Waals surface area contributed by atoms with Gasteiger partial charge in [0, 0.05) is 37.2 Å². The average Bonchev–Trinajstić information content (AvgIpc) is 2.93. The van der Waals surface area contributed by atoms with Gasteiger partial charge in [-0.1, -0.05) is 0 Å². The Morgan fingerprint density at radius 2 is 2.18 bits per heavy atom. The van der Waals surface area contributed by atoms with E-state index in [-0.39, 0.29) is 43.6 Å². The first-order valence-electron chi connectivity index (χ1n) is 7.74. The van der Waals surface area contributed by atoms with E-state index in [0.717, 1.165) is 5.69 Å². The quantitative estimate of drug-likeness (QED) is 0.912. The van der Waals surface area contributed by atoms with E-state index in [1.54, 1.807) is 11.1 Å². The van der Waals surface area contributed by atoms with Gasteiger partial charge in [0.2, 0.25) is 11.8 Å². The van der Waals surface area contributed by atoms with Crippen LogP contribution < -0.4 is 0 Å². The molecule has 1 aliphatic heterocycles. The number of aromatic amines is 1. The van der Waals surface area contributed by atoms with Gasteiger partial charge < -0.3 is 14.6 Å². The highest BCUT2D eigenvalue weighted by Gasteiger charge is 2.41. The Balaban J connectivity index is 1.72. The third-order valence-corrected chi connectivity index (χ3v) is 4.52. The zero-order chi connectivity index (χ0) is 15.7. The van der Waals surface area contributed by atoms with Gasteiger partial charge in [-0.3, -0.25) is 4.79 Å². The molecule has 1 atom stereocenters. The van der Waals surface area contributed by atoms with E-state index in [1.807, 2.05) is 6.92 Å². The van der Waals surface area contributed by atoms with Crippen LogP contribution in [0.15, 0.2) is 6.20 Å². The molecular formula is C15H21F2N3O2. The number of ether oxygens (including phenoxy) is 1. The minimum atomic E-state index is -2.61. The summed E-state index contributed by atoms with van der Waals surface area (Å²) in [5, 5.41) is 0. The fourth-order valence-corrected chi connectivity index (χ4v) is 3.22. The molecule has 1 N–H and O–H groups in total. The molecule has 1 aliphatic carbocycles. The van der Waals surface area contributed by atoms with Gasteiger partial charge in [0.1, 0.15) is 11.9 Å². The Morgan fingerprint density at radius 3 is 2.82 bits per heavy atom. The summed E-state index contributed by atoms with van der Waals surface area (Å²) in [5.41, 5.74) is 0.922. The summed E-state index contributed by atoms with van der Waals surface area (Å²) < 4.78 is 32.0. The molecule has 1 amide bonds. The van der Waals surface area contributed by atoms with Crippen LogP contribution in [0.4, 0.5) is 8.78 Å². The number of carbonyl (C=O) groups excluding carboxylic acids is 1. The number of hydrogen-bond donors (Lipinski definition) is 1. The molecule has 2 fully saturated rings. The van der Waals surface area contributed by atoms with Crippen molar-refractivity contribution in [3.8, 4) is 0 Å². The van der Waals surface area contributed by atoms with Gasteiger partial charge in [0.25, 0.3) is 0 Å². The van der Waals surface area contributed by atoms with Crippen LogP contribution in [0.25, 0.3) is 0 Å². The SMILES string of the molecule is Cc1cnc(C2COCCN2C(=O)C2CCC(F)(F)CC2)[nH]1. The largest absolute Gasteiger partial charge is 0.377 e. The van der Waals surface area contributed by atoms with E-state index in [2.05, 4.69) is 9.97 Å². The van der Waals surface area contributed by atoms with Crippen LogP contribution in [0.5, 0.6) is 0 Å². The molecule has 2 heterocycles. The monoisotopic (exact) mass is 313 g/mol. The number of aromatic nitrogens is 2. The molecule has 0 bridgehead atoms. The van der Waals surface area contributed by atoms with Gasteiger partial charge in [-0.05, 0) is 19.8 Å². The zero-order valence-electron chi connectivity index (χ0n) is 12.6. The second-order valence-electron chi connectivity index (χ2n) is 6.20. The molecular weight excluding hydrogens is 292 g/mol. The smallest absolute Gasteiger partial charge is 0.248 e. The maximum Gasteiger partial charge on any atom is 0.248 e. The number of carbonyl (C=O) groups is 1. The van der Waals surface area contributed by atoms with Crippen LogP contribution in [0, 0.1) is 12.8 Å². The Kier molecular flexibility index (Phi) is 4.16. The number of rotatable bonds is 2. The molecule has 1 saturated carbocycles. The third kappa shape index (κ3) is 3.14. The number of aryl methyl sites for hydroxylation is 1. The molecule has 1 unspecified atom stereocenters. The van der Waals surface area contributed by atoms with Crippen LogP contribution in [-0.4, -0.2) is 46.5 Å². The first kappa shape index (κ1) is 15.4. The van der Waals surface area contributed by atoms with Crippen molar-refractivity contribution in [2.45, 2.75) is 44.6 Å². The summed E-state index contributed by atoms with van der Waals surface area (Å²) in [6.45, 7) is 3.25. The van der Waals surface area contributed by atoms with Gasteiger partial charge in [0.15, 0.2) is 0 Å². The highest BCUT2D eigenvalue weighted by Crippen LogP contribution is 2.38. The maximum atomic E-state index is 13.3. The van der Waals surface area contributed by atoms with Crippen LogP contribution in [0.3, 0.4) is 0 Å². The molecule has 0 spiro atoms. The summed E-state index contributed by atoms with van der Waals surface area (Å²) in [6.07, 6.45) is 1.84. The van der Waals surface area contributed by atoms with Crippen LogP contribution in [0.1, 0.15) is 43.2 Å². The topological polar surface area (TPSA) is 58.2 Å². The Labute approximate surface area is 128 Å². The molecule has 22 heavy (non-hydrogen) atoms. The van der Waals surface area contributed by atoms with Crippen molar-refractivity contribution >= 4 is 5.91 Å². The van der Waals surface area contributed by atoms with Gasteiger partial charge in [0.05, 0.1) is 13.2 Å². The first-order valence-corrected chi connectivity index (χ1v) is 7.74. The Morgan fingerprint density at radius 1 is 1.45 bits per heavy atom. The van der Waals surface area contributed by atoms with E-state index in [4.69, 9.17) is 4.74 Å². The molecule has 2 aliphatic rings. The van der Waals surface area contributed by atoms with E-state index < -0.39 is 5.92 Å². The average molecular weight is 313 g/mol. The van der Waals surface area contributed by atoms with E-state index in [0.29, 0.717) is 25.6 Å². The fraction of sp³-hybridized carbons (Fsp3) is 0.733. The molecule has 0 aromatic carbocycles. The number of morpholine rings is 1. The van der Waals surface area contributed by atoms with Crippen LogP contribution in [-0.2, 0) is 9.53 Å². The standard InChI is InChI=1S/C15H21F2N3O2/c1-10-8-18-13(19-10)12-9-22-7-6-20(12)14(21)11-2-4-15(16,17)5-3-11/h8,11-12H,2-7,9H2,1H3,(H,18,19). The number of nitrogens with one attached hydrogen (secondary N) is 1. The maximum absolute atomic E-state index is 13.3. The highest BCUT2D eigenvalue weighted by molar-refractivity contribution is 5.79. The number of imidazole rings is 1. The number of amides is 1. The molecule has 1 saturated heterocycles. The predicted molar refractivity (Wildman–Crippen MR) is 75.5 cm³/mol. The van der Waals surface area contributed by atoms with Crippen LogP contribution >= 0.6 is 0 Å². The first-order chi connectivity index (χ1) is 10.5. The zero-order valence-corrected chi connectivity index (χ0v) is 12.6. The van der Waals surface area contributed by atoms with Gasteiger partial charge in [-0.15, -0.1) is 0 Å². The Bertz CT molecular complexity index is 537. The number of halogens is 2. The van der Waals surface area contributed by atoms with E-state index in [1.165, 1.54) is 0 Å². The molecule has 5 nitrogen and oxygen atoms in total. The summed E-state index contributed by atoms with van der Waals surface area (Å²) in [6, 6.07) is -0.252. The van der Waals surface area contributed by atoms with Crippen molar-refractivity contribution < 1.29 is 18.3 Å². The van der Waals surface area contributed by atoms with Crippen molar-refractivity contribution in [1.82, 2.24) is 14.9 Å². The summed E-state index contributed by atoms with van der Waals surface area (Å²) >= 11 is 0. The lowest BCUT2D eigenvalue weighted by Gasteiger charge is -2.38. The second kappa shape index (κ2) is 5.95. The number of H-pyrrole nitrogens is 1. The normalized spacial score (nSPS) is 26.1. The minimum Gasteiger partial charge on any atom is -0.377 e. The molecule has 1 aromatic heterocycles. The summed E-state index contributed by atoms with van der Waals surface area (Å²) in [7, 11) is 0. The lowest BCUT2D eigenvalue weighted by molar-refractivity contribution is -0.148. The number of alkyl halides is 2. The van der Waals surface area contributed by atoms with Gasteiger partial charge in [-0.2, -0.15) is 0 Å². The molecule has 1 aromatic rings. The van der Waals surface area contributed by atoms with Gasteiger partial charge in [-0.25, -0.2) is 13.8 Å². The highest BCUT2D eigenvalue weighted by atomic mass is 19.3. The summed E-state index contributed by atoms with van der Waals surface area (Å²) in [5.74, 6) is -2.26. The lowest BCUT2D eigenvalue weighted by atomic mass is 9.85. The molecule has 3 rings (SSSR count). The molecule has 0 radical (unpaired) electrons. The molecule has 122 valence electrons. The van der Waals surface area contributed by atoms with Crippen molar-refractivity contribution in [3.05, 3.63) is 17.7 Å². The van der Waals surface area contributed by atoms with Crippen LogP contribution in [0.2, 0.25) is 0 Å². The number of hydrogen-bond acceptors (Lipinski definition) is 3. The molecule has 7 heteroatoms. The Hall–Kier alpha value is -1.50. The van der Waals surface area contributed by atoms with Crippen molar-refractivity contribution in [1.29, 1.82) is 0 Å². The van der Waals surface area contributed by atoms with E-state index in [9.17, 15) is 13.6 Å². The number of nitrogens with zero attached hydrogens (tertiary/aromatic N) is 2. The lowest BCUT2D eigenvalue weighted by Crippen LogP contribution is -2.47. The van der Waals surface area contributed by atoms with Crippen molar-refractivity contribution in [2.24, 2.45) is 5.92 Å². The second-order valence-corrected chi connectivity index (χ2v) is 6.20. The third-order valence-electron chi connectivity index (χ3n) is 4.52. The fourth-order valence-electron chi connectivity index (χ4n) is 3.22. The minimum absolute atomic E-state index is 0.0437. The van der Waals surface area contributed by atoms with Gasteiger partial charge >= 0.3 is 0 Å². The van der Waals surface area contributed by atoms with Crippen molar-refractivity contribution in [2.75, 3.05) is 19.8 Å².